The lowest BCUT2D eigenvalue weighted by Gasteiger charge is -2.02. The number of hydrogen-bond acceptors (Lipinski definition) is 4. The van der Waals surface area contributed by atoms with E-state index >= 15 is 0 Å². The highest BCUT2D eigenvalue weighted by Gasteiger charge is 2.11. The Bertz CT molecular complexity index is 1050. The van der Waals surface area contributed by atoms with Crippen LogP contribution >= 0.6 is 15.9 Å². The van der Waals surface area contributed by atoms with Crippen LogP contribution in [-0.4, -0.2) is 14.8 Å². The fraction of sp³-hybridized carbons (Fsp3) is 0. The molecule has 0 atom stereocenters. The average Bonchev–Trinajstić information content (AvgIpc) is 3.05. The highest BCUT2D eigenvalue weighted by atomic mass is 79.9. The number of nitrogens with zero attached hydrogens (tertiary/aromatic N) is 3. The largest absolute Gasteiger partial charge is 0.421 e. The third-order valence-electron chi connectivity index (χ3n) is 3.45. The van der Waals surface area contributed by atoms with Crippen molar-refractivity contribution < 1.29 is 4.42 Å². The molecule has 2 aromatic carbocycles. The van der Waals surface area contributed by atoms with E-state index in [1.807, 2.05) is 42.5 Å². The first-order valence-electron chi connectivity index (χ1n) is 6.91. The van der Waals surface area contributed by atoms with Crippen LogP contribution in [0.1, 0.15) is 0 Å². The van der Waals surface area contributed by atoms with Crippen molar-refractivity contribution in [3.63, 3.8) is 0 Å². The molecule has 6 heteroatoms. The van der Waals surface area contributed by atoms with Gasteiger partial charge < -0.3 is 4.42 Å². The van der Waals surface area contributed by atoms with Crippen molar-refractivity contribution in [1.29, 1.82) is 0 Å². The molecule has 112 valence electrons. The van der Waals surface area contributed by atoms with Crippen molar-refractivity contribution in [3.05, 3.63) is 75.8 Å². The molecule has 0 bridgehead atoms. The number of aromatic nitrogens is 3. The predicted molar refractivity (Wildman–Crippen MR) is 90.5 cm³/mol. The Morgan fingerprint density at radius 3 is 2.70 bits per heavy atom. The van der Waals surface area contributed by atoms with E-state index in [1.54, 1.807) is 12.1 Å². The monoisotopic (exact) mass is 367 g/mol. The van der Waals surface area contributed by atoms with Crippen molar-refractivity contribution in [2.24, 2.45) is 0 Å². The Balaban J connectivity index is 1.83. The van der Waals surface area contributed by atoms with Crippen LogP contribution in [0.2, 0.25) is 0 Å². The predicted octanol–water partition coefficient (Wildman–Crippen LogP) is 3.80. The zero-order chi connectivity index (χ0) is 15.8. The molecule has 0 N–H and O–H groups in total. The quantitative estimate of drug-likeness (QED) is 0.505. The van der Waals surface area contributed by atoms with Crippen molar-refractivity contribution in [3.8, 4) is 17.1 Å². The van der Waals surface area contributed by atoms with E-state index in [9.17, 15) is 4.79 Å². The fourth-order valence-electron chi connectivity index (χ4n) is 2.33. The summed E-state index contributed by atoms with van der Waals surface area (Å²) in [5, 5.41) is 5.19. The van der Waals surface area contributed by atoms with E-state index in [1.165, 1.54) is 11.0 Å². The smallest absolute Gasteiger partial charge is 0.362 e. The van der Waals surface area contributed by atoms with Gasteiger partial charge in [0.1, 0.15) is 11.9 Å². The molecule has 0 aliphatic heterocycles. The lowest BCUT2D eigenvalue weighted by Crippen LogP contribution is -2.10. The van der Waals surface area contributed by atoms with E-state index in [2.05, 4.69) is 26.0 Å². The van der Waals surface area contributed by atoms with Crippen molar-refractivity contribution in [2.75, 3.05) is 0 Å². The maximum Gasteiger partial charge on any atom is 0.362 e. The Kier molecular flexibility index (Phi) is 3.31. The minimum absolute atomic E-state index is 0.328. The average molecular weight is 368 g/mol. The zero-order valence-electron chi connectivity index (χ0n) is 11.8. The summed E-state index contributed by atoms with van der Waals surface area (Å²) in [6, 6.07) is 16.9. The van der Waals surface area contributed by atoms with Gasteiger partial charge in [0, 0.05) is 15.4 Å². The number of benzene rings is 2. The molecule has 0 saturated heterocycles. The summed E-state index contributed by atoms with van der Waals surface area (Å²) in [4.78, 5) is 16.5. The van der Waals surface area contributed by atoms with Gasteiger partial charge in [0.2, 0.25) is 0 Å². The Morgan fingerprint density at radius 1 is 1.04 bits per heavy atom. The normalized spacial score (nSPS) is 11.0. The Morgan fingerprint density at radius 2 is 1.87 bits per heavy atom. The molecule has 5 nitrogen and oxygen atoms in total. The second kappa shape index (κ2) is 5.48. The Hall–Kier alpha value is -2.73. The molecule has 0 aliphatic carbocycles. The van der Waals surface area contributed by atoms with Crippen molar-refractivity contribution in [1.82, 2.24) is 14.8 Å². The number of hydrogen-bond donors (Lipinski definition) is 0. The molecule has 0 unspecified atom stereocenters. The molecule has 0 amide bonds. The molecule has 23 heavy (non-hydrogen) atoms. The third-order valence-corrected chi connectivity index (χ3v) is 3.94. The summed E-state index contributed by atoms with van der Waals surface area (Å²) in [5.41, 5.74) is 1.28. The first kappa shape index (κ1) is 13.9. The lowest BCUT2D eigenvalue weighted by atomic mass is 10.2. The SMILES string of the molecule is O=c1oc2cc(Br)ccc2cc1-n1cnc(-c2ccccc2)n1. The second-order valence-corrected chi connectivity index (χ2v) is 5.90. The van der Waals surface area contributed by atoms with Crippen molar-refractivity contribution >= 4 is 26.9 Å². The minimum atomic E-state index is -0.458. The van der Waals surface area contributed by atoms with Gasteiger partial charge in [0.05, 0.1) is 0 Å². The van der Waals surface area contributed by atoms with Crippen LogP contribution in [0.3, 0.4) is 0 Å². The van der Waals surface area contributed by atoms with E-state index in [0.717, 1.165) is 15.4 Å². The fourth-order valence-corrected chi connectivity index (χ4v) is 2.67. The van der Waals surface area contributed by atoms with Gasteiger partial charge in [0.15, 0.2) is 11.5 Å². The van der Waals surface area contributed by atoms with Crippen LogP contribution in [0.25, 0.3) is 28.0 Å². The summed E-state index contributed by atoms with van der Waals surface area (Å²) in [5.74, 6) is 0.556. The van der Waals surface area contributed by atoms with Crippen LogP contribution in [0, 0.1) is 0 Å². The van der Waals surface area contributed by atoms with E-state index in [4.69, 9.17) is 4.42 Å². The van der Waals surface area contributed by atoms with Gasteiger partial charge in [-0.2, -0.15) is 0 Å². The Labute approximate surface area is 139 Å². The molecule has 0 fully saturated rings. The van der Waals surface area contributed by atoms with Gasteiger partial charge in [-0.3, -0.25) is 0 Å². The summed E-state index contributed by atoms with van der Waals surface area (Å²) in [6.45, 7) is 0. The van der Waals surface area contributed by atoms with Gasteiger partial charge in [-0.25, -0.2) is 14.5 Å². The van der Waals surface area contributed by atoms with Gasteiger partial charge >= 0.3 is 5.63 Å². The molecular formula is C17H10BrN3O2. The van der Waals surface area contributed by atoms with Crippen LogP contribution < -0.4 is 5.63 Å². The lowest BCUT2D eigenvalue weighted by molar-refractivity contribution is 0.552. The van der Waals surface area contributed by atoms with E-state index < -0.39 is 5.63 Å². The van der Waals surface area contributed by atoms with Gasteiger partial charge in [-0.1, -0.05) is 52.3 Å². The molecule has 0 saturated carbocycles. The number of halogens is 1. The zero-order valence-corrected chi connectivity index (χ0v) is 13.4. The summed E-state index contributed by atoms with van der Waals surface area (Å²) >= 11 is 3.36. The number of fused-ring (bicyclic) bond motifs is 1. The highest BCUT2D eigenvalue weighted by Crippen LogP contribution is 2.20. The molecule has 2 heterocycles. The molecule has 0 aliphatic rings. The van der Waals surface area contributed by atoms with E-state index in [-0.39, 0.29) is 0 Å². The summed E-state index contributed by atoms with van der Waals surface area (Å²) in [7, 11) is 0. The van der Waals surface area contributed by atoms with Gasteiger partial charge in [-0.15, -0.1) is 5.10 Å². The van der Waals surface area contributed by atoms with Crippen molar-refractivity contribution in [2.45, 2.75) is 0 Å². The van der Waals surface area contributed by atoms with Crippen LogP contribution in [0.5, 0.6) is 0 Å². The number of rotatable bonds is 2. The van der Waals surface area contributed by atoms with Crippen LogP contribution in [0.15, 0.2) is 74.6 Å². The molecule has 4 rings (SSSR count). The highest BCUT2D eigenvalue weighted by molar-refractivity contribution is 9.10. The maximum absolute atomic E-state index is 12.2. The van der Waals surface area contributed by atoms with Gasteiger partial charge in [-0.05, 0) is 18.2 Å². The topological polar surface area (TPSA) is 60.9 Å². The van der Waals surface area contributed by atoms with Crippen LogP contribution in [-0.2, 0) is 0 Å². The molecular weight excluding hydrogens is 358 g/mol. The maximum atomic E-state index is 12.2. The van der Waals surface area contributed by atoms with E-state index in [0.29, 0.717) is 17.1 Å². The summed E-state index contributed by atoms with van der Waals surface area (Å²) < 4.78 is 7.66. The molecule has 0 spiro atoms. The first-order chi connectivity index (χ1) is 11.2. The molecule has 0 radical (unpaired) electrons. The molecule has 2 aromatic heterocycles. The first-order valence-corrected chi connectivity index (χ1v) is 7.71. The van der Waals surface area contributed by atoms with Crippen LogP contribution in [0.4, 0.5) is 0 Å². The summed E-state index contributed by atoms with van der Waals surface area (Å²) in [6.07, 6.45) is 1.51. The second-order valence-electron chi connectivity index (χ2n) is 4.98. The minimum Gasteiger partial charge on any atom is -0.421 e. The third kappa shape index (κ3) is 2.57. The van der Waals surface area contributed by atoms with Gasteiger partial charge in [0.25, 0.3) is 0 Å². The standard InChI is InChI=1S/C17H10BrN3O2/c18-13-7-6-12-8-14(17(22)23-15(12)9-13)21-10-19-16(20-21)11-4-2-1-3-5-11/h1-10H. The molecule has 4 aromatic rings.